The van der Waals surface area contributed by atoms with E-state index in [0.29, 0.717) is 17.9 Å². The predicted molar refractivity (Wildman–Crippen MR) is 58.3 cm³/mol. The molecule has 2 aromatic rings. The molecule has 2 aromatic heterocycles. The van der Waals surface area contributed by atoms with Crippen LogP contribution in [0.15, 0.2) is 36.9 Å². The van der Waals surface area contributed by atoms with Gasteiger partial charge >= 0.3 is 0 Å². The second-order valence-electron chi connectivity index (χ2n) is 3.07. The van der Waals surface area contributed by atoms with Crippen molar-refractivity contribution in [3.63, 3.8) is 0 Å². The van der Waals surface area contributed by atoms with Gasteiger partial charge in [-0.1, -0.05) is 6.07 Å². The fourth-order valence-corrected chi connectivity index (χ4v) is 1.23. The number of hydrogen-bond acceptors (Lipinski definition) is 5. The summed E-state index contributed by atoms with van der Waals surface area (Å²) in [6.07, 6.45) is 4.61. The summed E-state index contributed by atoms with van der Waals surface area (Å²) < 4.78 is 0. The lowest BCUT2D eigenvalue weighted by molar-refractivity contribution is 1.02. The lowest BCUT2D eigenvalue weighted by Crippen LogP contribution is -2.04. The zero-order chi connectivity index (χ0) is 11.2. The lowest BCUT2D eigenvalue weighted by atomic mass is 10.3. The highest BCUT2D eigenvalue weighted by Gasteiger charge is 2.02. The van der Waals surface area contributed by atoms with Gasteiger partial charge in [-0.05, 0) is 12.1 Å². The van der Waals surface area contributed by atoms with Crippen molar-refractivity contribution >= 4 is 5.82 Å². The van der Waals surface area contributed by atoms with Gasteiger partial charge in [-0.3, -0.25) is 4.98 Å². The minimum Gasteiger partial charge on any atom is -0.363 e. The maximum Gasteiger partial charge on any atom is 0.147 e. The molecule has 0 aromatic carbocycles. The molecule has 2 heterocycles. The molecule has 0 aliphatic rings. The number of rotatable bonds is 3. The summed E-state index contributed by atoms with van der Waals surface area (Å²) in [5.74, 6) is 0.531. The Bertz CT molecular complexity index is 503. The van der Waals surface area contributed by atoms with Gasteiger partial charge in [0.25, 0.3) is 0 Å². The van der Waals surface area contributed by atoms with E-state index in [2.05, 4.69) is 20.3 Å². The van der Waals surface area contributed by atoms with Crippen molar-refractivity contribution in [1.29, 1.82) is 5.26 Å². The molecule has 0 bridgehead atoms. The van der Waals surface area contributed by atoms with Gasteiger partial charge in [0.05, 0.1) is 18.4 Å². The third-order valence-corrected chi connectivity index (χ3v) is 2.00. The van der Waals surface area contributed by atoms with Gasteiger partial charge in [0.15, 0.2) is 0 Å². The number of aromatic nitrogens is 3. The van der Waals surface area contributed by atoms with Crippen LogP contribution in [0.1, 0.15) is 11.3 Å². The summed E-state index contributed by atoms with van der Waals surface area (Å²) >= 11 is 0. The summed E-state index contributed by atoms with van der Waals surface area (Å²) in [6.45, 7) is 0.534. The van der Waals surface area contributed by atoms with E-state index in [-0.39, 0.29) is 0 Å². The largest absolute Gasteiger partial charge is 0.363 e. The van der Waals surface area contributed by atoms with Crippen LogP contribution in [-0.2, 0) is 6.54 Å². The van der Waals surface area contributed by atoms with E-state index in [4.69, 9.17) is 5.26 Å². The zero-order valence-electron chi connectivity index (χ0n) is 8.46. The van der Waals surface area contributed by atoms with Crippen molar-refractivity contribution in [2.75, 3.05) is 5.32 Å². The maximum absolute atomic E-state index is 8.83. The van der Waals surface area contributed by atoms with Crippen molar-refractivity contribution in [3.05, 3.63) is 48.2 Å². The van der Waals surface area contributed by atoms with Crippen LogP contribution in [0.4, 0.5) is 5.82 Å². The first kappa shape index (κ1) is 10.1. The first-order valence-electron chi connectivity index (χ1n) is 4.74. The second kappa shape index (κ2) is 4.84. The molecule has 0 aliphatic heterocycles. The topological polar surface area (TPSA) is 74.5 Å². The molecule has 0 atom stereocenters. The van der Waals surface area contributed by atoms with E-state index in [1.807, 2.05) is 24.3 Å². The van der Waals surface area contributed by atoms with Gasteiger partial charge in [-0.15, -0.1) is 0 Å². The molecule has 0 saturated carbocycles. The molecule has 78 valence electrons. The Kier molecular flexibility index (Phi) is 3.04. The van der Waals surface area contributed by atoms with Crippen LogP contribution in [0, 0.1) is 11.3 Å². The molecule has 0 aliphatic carbocycles. The number of nitrogens with zero attached hydrogens (tertiary/aromatic N) is 4. The van der Waals surface area contributed by atoms with Gasteiger partial charge in [-0.2, -0.15) is 5.26 Å². The zero-order valence-corrected chi connectivity index (χ0v) is 8.46. The van der Waals surface area contributed by atoms with Gasteiger partial charge in [0.2, 0.25) is 0 Å². The Morgan fingerprint density at radius 2 is 2.25 bits per heavy atom. The summed E-state index contributed by atoms with van der Waals surface area (Å²) in [5.41, 5.74) is 1.32. The molecule has 0 radical (unpaired) electrons. The van der Waals surface area contributed by atoms with Crippen LogP contribution in [0.2, 0.25) is 0 Å². The van der Waals surface area contributed by atoms with E-state index >= 15 is 0 Å². The van der Waals surface area contributed by atoms with Crippen LogP contribution in [0.5, 0.6) is 0 Å². The van der Waals surface area contributed by atoms with E-state index in [9.17, 15) is 0 Å². The maximum atomic E-state index is 8.83. The molecule has 5 heteroatoms. The van der Waals surface area contributed by atoms with Crippen molar-refractivity contribution in [3.8, 4) is 6.07 Å². The van der Waals surface area contributed by atoms with Gasteiger partial charge in [0, 0.05) is 6.20 Å². The molecule has 0 amide bonds. The predicted octanol–water partition coefficient (Wildman–Crippen LogP) is 1.36. The Morgan fingerprint density at radius 1 is 1.31 bits per heavy atom. The minimum atomic E-state index is 0.429. The fourth-order valence-electron chi connectivity index (χ4n) is 1.23. The van der Waals surface area contributed by atoms with Crippen LogP contribution in [-0.4, -0.2) is 15.0 Å². The molecule has 1 N–H and O–H groups in total. The summed E-state index contributed by atoms with van der Waals surface area (Å²) in [7, 11) is 0. The third kappa shape index (κ3) is 2.30. The number of nitriles is 1. The average molecular weight is 211 g/mol. The van der Waals surface area contributed by atoms with Gasteiger partial charge in [-0.25, -0.2) is 9.97 Å². The van der Waals surface area contributed by atoms with Crippen LogP contribution in [0.25, 0.3) is 0 Å². The quantitative estimate of drug-likeness (QED) is 0.829. The Morgan fingerprint density at radius 3 is 3.00 bits per heavy atom. The number of anilines is 1. The SMILES string of the molecule is N#Cc1cncnc1NCc1ccccn1. The number of nitrogens with one attached hydrogen (secondary N) is 1. The number of hydrogen-bond donors (Lipinski definition) is 1. The van der Waals surface area contributed by atoms with Crippen LogP contribution in [0.3, 0.4) is 0 Å². The smallest absolute Gasteiger partial charge is 0.147 e. The third-order valence-electron chi connectivity index (χ3n) is 2.00. The monoisotopic (exact) mass is 211 g/mol. The van der Waals surface area contributed by atoms with E-state index < -0.39 is 0 Å². The molecule has 5 nitrogen and oxygen atoms in total. The molecular weight excluding hydrogens is 202 g/mol. The van der Waals surface area contributed by atoms with Crippen molar-refractivity contribution in [2.24, 2.45) is 0 Å². The Hall–Kier alpha value is -2.48. The first-order valence-corrected chi connectivity index (χ1v) is 4.74. The molecular formula is C11H9N5. The summed E-state index contributed by atoms with van der Waals surface area (Å²) in [6, 6.07) is 7.69. The number of pyridine rings is 1. The van der Waals surface area contributed by atoms with Gasteiger partial charge < -0.3 is 5.32 Å². The molecule has 0 unspecified atom stereocenters. The highest BCUT2D eigenvalue weighted by atomic mass is 15.0. The average Bonchev–Trinajstić information content (AvgIpc) is 2.38. The Balaban J connectivity index is 2.09. The minimum absolute atomic E-state index is 0.429. The van der Waals surface area contributed by atoms with Crippen molar-refractivity contribution in [2.45, 2.75) is 6.54 Å². The Labute approximate surface area is 92.8 Å². The second-order valence-corrected chi connectivity index (χ2v) is 3.07. The standard InChI is InChI=1S/C11H9N5/c12-5-9-6-13-8-16-11(9)15-7-10-3-1-2-4-14-10/h1-4,6,8H,7H2,(H,13,15,16). The molecule has 16 heavy (non-hydrogen) atoms. The molecule has 2 rings (SSSR count). The van der Waals surface area contributed by atoms with Crippen LogP contribution >= 0.6 is 0 Å². The fraction of sp³-hybridized carbons (Fsp3) is 0.0909. The highest BCUT2D eigenvalue weighted by molar-refractivity contribution is 5.49. The van der Waals surface area contributed by atoms with Gasteiger partial charge in [0.1, 0.15) is 23.8 Å². The van der Waals surface area contributed by atoms with E-state index in [1.165, 1.54) is 12.5 Å². The molecule has 0 fully saturated rings. The van der Waals surface area contributed by atoms with Crippen molar-refractivity contribution in [1.82, 2.24) is 15.0 Å². The van der Waals surface area contributed by atoms with E-state index in [1.54, 1.807) is 6.20 Å². The van der Waals surface area contributed by atoms with Crippen molar-refractivity contribution < 1.29 is 0 Å². The molecule has 0 spiro atoms. The summed E-state index contributed by atoms with van der Waals surface area (Å²) in [5, 5.41) is 11.9. The van der Waals surface area contributed by atoms with Crippen LogP contribution < -0.4 is 5.32 Å². The summed E-state index contributed by atoms with van der Waals surface area (Å²) in [4.78, 5) is 11.9. The molecule has 0 saturated heterocycles. The highest BCUT2D eigenvalue weighted by Crippen LogP contribution is 2.09. The first-order chi connectivity index (χ1) is 7.90. The van der Waals surface area contributed by atoms with E-state index in [0.717, 1.165) is 5.69 Å². The lowest BCUT2D eigenvalue weighted by Gasteiger charge is -2.05. The normalized spacial score (nSPS) is 9.44.